The molecule has 0 radical (unpaired) electrons. The van der Waals surface area contributed by atoms with Crippen LogP contribution in [0, 0.1) is 0 Å². The molecule has 1 aromatic rings. The lowest BCUT2D eigenvalue weighted by Gasteiger charge is -2.15. The van der Waals surface area contributed by atoms with Crippen LogP contribution in [-0.2, 0) is 10.1 Å². The summed E-state index contributed by atoms with van der Waals surface area (Å²) in [5.41, 5.74) is -0.701. The largest absolute Gasteiger partial charge is 0.506 e. The zero-order valence-electron chi connectivity index (χ0n) is 9.67. The van der Waals surface area contributed by atoms with Crippen molar-refractivity contribution in [1.29, 1.82) is 0 Å². The number of halogens is 3. The number of benzene rings is 1. The van der Waals surface area contributed by atoms with Crippen LogP contribution in [0.2, 0.25) is 0 Å². The summed E-state index contributed by atoms with van der Waals surface area (Å²) in [6.07, 6.45) is 1.50. The highest BCUT2D eigenvalue weighted by molar-refractivity contribution is 7.98. The number of ether oxygens (including phenoxy) is 1. The number of phenolic OH excluding ortho intramolecular Hbond substituents is 1. The van der Waals surface area contributed by atoms with E-state index >= 15 is 0 Å². The van der Waals surface area contributed by atoms with Crippen molar-refractivity contribution in [2.45, 2.75) is 17.2 Å². The third-order valence-corrected chi connectivity index (χ3v) is 3.16. The van der Waals surface area contributed by atoms with E-state index in [0.717, 1.165) is 23.9 Å². The summed E-state index contributed by atoms with van der Waals surface area (Å²) in [6, 6.07) is 2.07. The Kier molecular flexibility index (Phi) is 4.81. The highest BCUT2D eigenvalue weighted by Crippen LogP contribution is 2.43. The third kappa shape index (κ3) is 3.05. The van der Waals surface area contributed by atoms with Gasteiger partial charge >= 0.3 is 11.4 Å². The lowest BCUT2D eigenvalue weighted by Crippen LogP contribution is -2.10. The Morgan fingerprint density at radius 2 is 2.17 bits per heavy atom. The number of alkyl halides is 3. The quantitative estimate of drug-likeness (QED) is 0.524. The highest BCUT2D eigenvalue weighted by Gasteiger charge is 2.33. The predicted octanol–water partition coefficient (Wildman–Crippen LogP) is 3.58. The van der Waals surface area contributed by atoms with Gasteiger partial charge in [0.2, 0.25) is 0 Å². The van der Waals surface area contributed by atoms with Crippen molar-refractivity contribution in [2.24, 2.45) is 0 Å². The van der Waals surface area contributed by atoms with E-state index in [-0.39, 0.29) is 17.1 Å². The minimum Gasteiger partial charge on any atom is -0.506 e. The molecule has 1 aromatic carbocycles. The molecule has 0 saturated heterocycles. The van der Waals surface area contributed by atoms with E-state index in [1.807, 2.05) is 0 Å². The molecule has 7 heteroatoms. The second-order valence-corrected chi connectivity index (χ2v) is 4.55. The molecule has 0 fully saturated rings. The molecule has 0 aromatic heterocycles. The van der Waals surface area contributed by atoms with Gasteiger partial charge in [-0.2, -0.15) is 8.78 Å². The lowest BCUT2D eigenvalue weighted by molar-refractivity contribution is 0.0520. The number of hydrogen-bond donors (Lipinski definition) is 1. The molecule has 0 aliphatic carbocycles. The fraction of sp³-hybridized carbons (Fsp3) is 0.364. The number of esters is 1. The van der Waals surface area contributed by atoms with Crippen LogP contribution in [0.3, 0.4) is 0 Å². The van der Waals surface area contributed by atoms with Crippen molar-refractivity contribution < 1.29 is 23.4 Å². The van der Waals surface area contributed by atoms with E-state index < -0.39 is 22.7 Å². The van der Waals surface area contributed by atoms with Gasteiger partial charge in [0.15, 0.2) is 0 Å². The van der Waals surface area contributed by atoms with Crippen molar-refractivity contribution in [3.05, 3.63) is 23.3 Å². The fourth-order valence-electron chi connectivity index (χ4n) is 1.37. The SMILES string of the molecule is CCOC(=O)c1ccc(C(F)(F)Cl)c(SC)c1O. The summed E-state index contributed by atoms with van der Waals surface area (Å²) >= 11 is 5.81. The Balaban J connectivity index is 3.33. The molecular formula is C11H11ClF2O3S. The van der Waals surface area contributed by atoms with Gasteiger partial charge in [-0.05, 0) is 36.9 Å². The fourth-order valence-corrected chi connectivity index (χ4v) is 2.31. The monoisotopic (exact) mass is 296 g/mol. The first-order chi connectivity index (χ1) is 8.32. The Bertz CT molecular complexity index is 460. The first kappa shape index (κ1) is 15.0. The molecule has 0 heterocycles. The van der Waals surface area contributed by atoms with Gasteiger partial charge in [-0.3, -0.25) is 0 Å². The molecule has 1 N–H and O–H groups in total. The molecule has 0 aliphatic heterocycles. The predicted molar refractivity (Wildman–Crippen MR) is 65.6 cm³/mol. The maximum absolute atomic E-state index is 13.1. The van der Waals surface area contributed by atoms with E-state index in [2.05, 4.69) is 0 Å². The first-order valence-electron chi connectivity index (χ1n) is 4.97. The third-order valence-electron chi connectivity index (χ3n) is 2.14. The number of carbonyl (C=O) groups excluding carboxylic acids is 1. The van der Waals surface area contributed by atoms with E-state index in [1.165, 1.54) is 6.26 Å². The van der Waals surface area contributed by atoms with Crippen LogP contribution in [0.25, 0.3) is 0 Å². The number of phenols is 1. The van der Waals surface area contributed by atoms with Crippen molar-refractivity contribution in [2.75, 3.05) is 12.9 Å². The molecule has 0 atom stereocenters. The molecule has 100 valence electrons. The van der Waals surface area contributed by atoms with Crippen LogP contribution in [0.15, 0.2) is 17.0 Å². The van der Waals surface area contributed by atoms with Gasteiger partial charge in [0.1, 0.15) is 11.3 Å². The Morgan fingerprint density at radius 3 is 2.61 bits per heavy atom. The summed E-state index contributed by atoms with van der Waals surface area (Å²) in [6.45, 7) is 1.73. The zero-order chi connectivity index (χ0) is 13.9. The number of carbonyl (C=O) groups is 1. The van der Waals surface area contributed by atoms with Crippen molar-refractivity contribution in [3.63, 3.8) is 0 Å². The molecule has 3 nitrogen and oxygen atoms in total. The maximum Gasteiger partial charge on any atom is 0.349 e. The van der Waals surface area contributed by atoms with Crippen LogP contribution in [0.4, 0.5) is 8.78 Å². The maximum atomic E-state index is 13.1. The molecule has 18 heavy (non-hydrogen) atoms. The van der Waals surface area contributed by atoms with Crippen molar-refractivity contribution >= 4 is 29.3 Å². The lowest BCUT2D eigenvalue weighted by atomic mass is 10.1. The number of aromatic hydroxyl groups is 1. The average molecular weight is 297 g/mol. The molecular weight excluding hydrogens is 286 g/mol. The second kappa shape index (κ2) is 5.75. The molecule has 0 bridgehead atoms. The summed E-state index contributed by atoms with van der Waals surface area (Å²) in [5, 5.41) is 6.21. The number of hydrogen-bond acceptors (Lipinski definition) is 4. The first-order valence-corrected chi connectivity index (χ1v) is 6.57. The van der Waals surface area contributed by atoms with Gasteiger partial charge in [-0.25, -0.2) is 4.79 Å². The summed E-state index contributed by atoms with van der Waals surface area (Å²) in [4.78, 5) is 11.3. The van der Waals surface area contributed by atoms with Gasteiger partial charge in [0, 0.05) is 0 Å². The smallest absolute Gasteiger partial charge is 0.349 e. The van der Waals surface area contributed by atoms with E-state index in [1.54, 1.807) is 6.92 Å². The molecule has 0 saturated carbocycles. The minimum atomic E-state index is -3.61. The van der Waals surface area contributed by atoms with Gasteiger partial charge < -0.3 is 9.84 Å². The molecule has 0 unspecified atom stereocenters. The summed E-state index contributed by atoms with van der Waals surface area (Å²) < 4.78 is 30.9. The zero-order valence-corrected chi connectivity index (χ0v) is 11.2. The Labute approximate surface area is 112 Å². The van der Waals surface area contributed by atoms with Crippen LogP contribution >= 0.6 is 23.4 Å². The summed E-state index contributed by atoms with van der Waals surface area (Å²) in [7, 11) is 0. The van der Waals surface area contributed by atoms with E-state index in [4.69, 9.17) is 16.3 Å². The number of thioether (sulfide) groups is 1. The van der Waals surface area contributed by atoms with Crippen LogP contribution in [-0.4, -0.2) is 23.9 Å². The van der Waals surface area contributed by atoms with Gasteiger partial charge in [-0.15, -0.1) is 11.8 Å². The average Bonchev–Trinajstić information content (AvgIpc) is 2.27. The van der Waals surface area contributed by atoms with Gasteiger partial charge in [0.05, 0.1) is 17.1 Å². The van der Waals surface area contributed by atoms with E-state index in [9.17, 15) is 18.7 Å². The molecule has 0 amide bonds. The van der Waals surface area contributed by atoms with Crippen LogP contribution in [0.5, 0.6) is 5.75 Å². The van der Waals surface area contributed by atoms with Crippen LogP contribution in [0.1, 0.15) is 22.8 Å². The van der Waals surface area contributed by atoms with E-state index in [0.29, 0.717) is 0 Å². The van der Waals surface area contributed by atoms with Gasteiger partial charge in [-0.1, -0.05) is 0 Å². The summed E-state index contributed by atoms with van der Waals surface area (Å²) in [5.74, 6) is -1.31. The molecule has 1 rings (SSSR count). The minimum absolute atomic E-state index is 0.125. The van der Waals surface area contributed by atoms with Crippen LogP contribution < -0.4 is 0 Å². The topological polar surface area (TPSA) is 46.5 Å². The highest BCUT2D eigenvalue weighted by atomic mass is 35.5. The standard InChI is InChI=1S/C11H11ClF2O3S/c1-3-17-10(16)6-4-5-7(11(12,13)14)9(18-2)8(6)15/h4-5,15H,3H2,1-2H3. The second-order valence-electron chi connectivity index (χ2n) is 3.26. The molecule has 0 aliphatic rings. The Hall–Kier alpha value is -1.01. The number of rotatable bonds is 4. The normalized spacial score (nSPS) is 11.4. The van der Waals surface area contributed by atoms with Gasteiger partial charge in [0.25, 0.3) is 0 Å². The van der Waals surface area contributed by atoms with Crippen molar-refractivity contribution in [1.82, 2.24) is 0 Å². The van der Waals surface area contributed by atoms with Crippen molar-refractivity contribution in [3.8, 4) is 5.75 Å². The Morgan fingerprint density at radius 1 is 1.56 bits per heavy atom. The molecule has 0 spiro atoms.